The molecule has 0 radical (unpaired) electrons. The van der Waals surface area contributed by atoms with Crippen molar-refractivity contribution in [1.29, 1.82) is 0 Å². The molecule has 18 heavy (non-hydrogen) atoms. The lowest BCUT2D eigenvalue weighted by Crippen LogP contribution is -2.03. The highest BCUT2D eigenvalue weighted by Gasteiger charge is 2.12. The van der Waals surface area contributed by atoms with Crippen molar-refractivity contribution in [2.24, 2.45) is 7.05 Å². The van der Waals surface area contributed by atoms with Crippen molar-refractivity contribution in [2.45, 2.75) is 13.5 Å². The molecule has 96 valence electrons. The predicted molar refractivity (Wildman–Crippen MR) is 68.2 cm³/mol. The first-order chi connectivity index (χ1) is 8.61. The largest absolute Gasteiger partial charge is 0.489 e. The van der Waals surface area contributed by atoms with E-state index < -0.39 is 0 Å². The van der Waals surface area contributed by atoms with Crippen LogP contribution in [0.25, 0.3) is 0 Å². The molecular weight excluding hydrogens is 233 g/mol. The molecular formula is C13H16FN3O. The number of ether oxygens (including phenoxy) is 1. The monoisotopic (exact) mass is 249 g/mol. The predicted octanol–water partition coefficient (Wildman–Crippen LogP) is 2.49. The summed E-state index contributed by atoms with van der Waals surface area (Å²) in [5.74, 6) is 1.12. The second-order valence-corrected chi connectivity index (χ2v) is 4.03. The molecule has 1 aromatic heterocycles. The van der Waals surface area contributed by atoms with Gasteiger partial charge in [0.05, 0.1) is 11.3 Å². The van der Waals surface area contributed by atoms with E-state index in [1.165, 1.54) is 12.1 Å². The number of hydrogen-bond donors (Lipinski definition) is 1. The maximum absolute atomic E-state index is 13.0. The van der Waals surface area contributed by atoms with E-state index in [4.69, 9.17) is 4.74 Å². The molecule has 0 aliphatic carbocycles. The maximum Gasteiger partial charge on any atom is 0.130 e. The molecule has 2 rings (SSSR count). The minimum absolute atomic E-state index is 0.302. The fraction of sp³-hybridized carbons (Fsp3) is 0.308. The topological polar surface area (TPSA) is 39.1 Å². The van der Waals surface area contributed by atoms with Gasteiger partial charge < -0.3 is 10.1 Å². The fourth-order valence-corrected chi connectivity index (χ4v) is 1.90. The maximum atomic E-state index is 13.0. The van der Waals surface area contributed by atoms with Gasteiger partial charge in [0, 0.05) is 20.2 Å². The molecule has 0 unspecified atom stereocenters. The van der Waals surface area contributed by atoms with Crippen LogP contribution in [0.4, 0.5) is 10.2 Å². The lowest BCUT2D eigenvalue weighted by Gasteiger charge is -2.08. The number of anilines is 1. The summed E-state index contributed by atoms with van der Waals surface area (Å²) < 4.78 is 20.4. The second kappa shape index (κ2) is 5.08. The van der Waals surface area contributed by atoms with Crippen LogP contribution >= 0.6 is 0 Å². The lowest BCUT2D eigenvalue weighted by molar-refractivity contribution is 0.304. The third kappa shape index (κ3) is 2.45. The lowest BCUT2D eigenvalue weighted by atomic mass is 10.2. The highest BCUT2D eigenvalue weighted by Crippen LogP contribution is 2.21. The van der Waals surface area contributed by atoms with Crippen LogP contribution in [0, 0.1) is 12.7 Å². The van der Waals surface area contributed by atoms with Gasteiger partial charge in [-0.05, 0) is 19.1 Å². The summed E-state index contributed by atoms with van der Waals surface area (Å²) in [7, 11) is 3.70. The molecule has 0 saturated heterocycles. The van der Waals surface area contributed by atoms with E-state index in [0.29, 0.717) is 12.4 Å². The molecule has 0 spiro atoms. The number of halogens is 1. The normalized spacial score (nSPS) is 10.4. The summed E-state index contributed by atoms with van der Waals surface area (Å²) in [6.45, 7) is 2.28. The van der Waals surface area contributed by atoms with Gasteiger partial charge in [0.15, 0.2) is 0 Å². The van der Waals surface area contributed by atoms with Gasteiger partial charge in [0.25, 0.3) is 0 Å². The zero-order valence-corrected chi connectivity index (χ0v) is 10.7. The number of aromatic nitrogens is 2. The molecule has 0 saturated carbocycles. The molecule has 4 nitrogen and oxygen atoms in total. The first-order valence-electron chi connectivity index (χ1n) is 5.70. The highest BCUT2D eigenvalue weighted by atomic mass is 19.1. The van der Waals surface area contributed by atoms with Crippen LogP contribution in [-0.4, -0.2) is 16.8 Å². The summed E-state index contributed by atoms with van der Waals surface area (Å²) in [6, 6.07) is 6.11. The minimum atomic E-state index is -0.302. The number of rotatable bonds is 4. The van der Waals surface area contributed by atoms with Gasteiger partial charge in [-0.25, -0.2) is 4.39 Å². The standard InChI is InChI=1S/C13H16FN3O/c1-9-12(13(15-2)17(3)16-9)8-18-11-6-4-5-10(14)7-11/h4-7,15H,8H2,1-3H3. The van der Waals surface area contributed by atoms with Gasteiger partial charge in [0.1, 0.15) is 24.0 Å². The average molecular weight is 249 g/mol. The SMILES string of the molecule is CNc1c(COc2cccc(F)c2)c(C)nn1C. The van der Waals surface area contributed by atoms with E-state index in [0.717, 1.165) is 17.1 Å². The van der Waals surface area contributed by atoms with Gasteiger partial charge >= 0.3 is 0 Å². The van der Waals surface area contributed by atoms with Crippen LogP contribution in [0.2, 0.25) is 0 Å². The molecule has 1 N–H and O–H groups in total. The molecule has 2 aromatic rings. The molecule has 1 heterocycles. The van der Waals surface area contributed by atoms with Crippen LogP contribution in [0.3, 0.4) is 0 Å². The molecule has 0 aliphatic heterocycles. The number of nitrogens with one attached hydrogen (secondary N) is 1. The minimum Gasteiger partial charge on any atom is -0.489 e. The zero-order valence-electron chi connectivity index (χ0n) is 10.7. The summed E-state index contributed by atoms with van der Waals surface area (Å²) in [4.78, 5) is 0. The Morgan fingerprint density at radius 3 is 2.89 bits per heavy atom. The third-order valence-electron chi connectivity index (χ3n) is 2.76. The van der Waals surface area contributed by atoms with E-state index >= 15 is 0 Å². The molecule has 0 fully saturated rings. The number of benzene rings is 1. The molecule has 0 atom stereocenters. The van der Waals surface area contributed by atoms with Crippen LogP contribution in [-0.2, 0) is 13.7 Å². The van der Waals surface area contributed by atoms with Gasteiger partial charge in [-0.15, -0.1) is 0 Å². The van der Waals surface area contributed by atoms with Crippen molar-refractivity contribution < 1.29 is 9.13 Å². The highest BCUT2D eigenvalue weighted by molar-refractivity contribution is 5.46. The van der Waals surface area contributed by atoms with Gasteiger partial charge in [-0.1, -0.05) is 6.07 Å². The van der Waals surface area contributed by atoms with Crippen molar-refractivity contribution in [3.05, 3.63) is 41.3 Å². The van der Waals surface area contributed by atoms with Crippen molar-refractivity contribution in [2.75, 3.05) is 12.4 Å². The molecule has 1 aromatic carbocycles. The molecule has 5 heteroatoms. The first kappa shape index (κ1) is 12.4. The Labute approximate surface area is 105 Å². The molecule has 0 aliphatic rings. The van der Waals surface area contributed by atoms with Crippen LogP contribution in [0.1, 0.15) is 11.3 Å². The Hall–Kier alpha value is -2.04. The number of aryl methyl sites for hydroxylation is 2. The first-order valence-corrected chi connectivity index (χ1v) is 5.70. The van der Waals surface area contributed by atoms with E-state index in [-0.39, 0.29) is 5.82 Å². The Morgan fingerprint density at radius 1 is 1.44 bits per heavy atom. The Balaban J connectivity index is 2.15. The van der Waals surface area contributed by atoms with Gasteiger partial charge in [-0.3, -0.25) is 4.68 Å². The fourth-order valence-electron chi connectivity index (χ4n) is 1.90. The Morgan fingerprint density at radius 2 is 2.22 bits per heavy atom. The Bertz CT molecular complexity index is 551. The zero-order chi connectivity index (χ0) is 13.1. The van der Waals surface area contributed by atoms with Crippen molar-refractivity contribution in [3.63, 3.8) is 0 Å². The van der Waals surface area contributed by atoms with Crippen molar-refractivity contribution in [3.8, 4) is 5.75 Å². The van der Waals surface area contributed by atoms with Gasteiger partial charge in [-0.2, -0.15) is 5.10 Å². The van der Waals surface area contributed by atoms with Crippen molar-refractivity contribution >= 4 is 5.82 Å². The molecule has 0 amide bonds. The Kier molecular flexibility index (Phi) is 3.50. The molecule has 0 bridgehead atoms. The van der Waals surface area contributed by atoms with Crippen molar-refractivity contribution in [1.82, 2.24) is 9.78 Å². The number of hydrogen-bond acceptors (Lipinski definition) is 3. The van der Waals surface area contributed by atoms with E-state index in [1.807, 2.05) is 21.0 Å². The quantitative estimate of drug-likeness (QED) is 0.904. The van der Waals surface area contributed by atoms with E-state index in [2.05, 4.69) is 10.4 Å². The van der Waals surface area contributed by atoms with Crippen LogP contribution < -0.4 is 10.1 Å². The summed E-state index contributed by atoms with van der Waals surface area (Å²) in [5.41, 5.74) is 1.88. The number of nitrogens with zero attached hydrogens (tertiary/aromatic N) is 2. The third-order valence-corrected chi connectivity index (χ3v) is 2.76. The smallest absolute Gasteiger partial charge is 0.130 e. The second-order valence-electron chi connectivity index (χ2n) is 4.03. The average Bonchev–Trinajstić information content (AvgIpc) is 2.60. The van der Waals surface area contributed by atoms with Crippen LogP contribution in [0.15, 0.2) is 24.3 Å². The summed E-state index contributed by atoms with van der Waals surface area (Å²) in [5, 5.41) is 7.39. The summed E-state index contributed by atoms with van der Waals surface area (Å²) in [6.07, 6.45) is 0. The van der Waals surface area contributed by atoms with Crippen LogP contribution in [0.5, 0.6) is 5.75 Å². The van der Waals surface area contributed by atoms with Gasteiger partial charge in [0.2, 0.25) is 0 Å². The van der Waals surface area contributed by atoms with E-state index in [1.54, 1.807) is 16.8 Å². The summed E-state index contributed by atoms with van der Waals surface area (Å²) >= 11 is 0. The van der Waals surface area contributed by atoms with E-state index in [9.17, 15) is 4.39 Å².